The van der Waals surface area contributed by atoms with Crippen LogP contribution in [0, 0.1) is 5.82 Å². The molecule has 3 heterocycles. The van der Waals surface area contributed by atoms with Gasteiger partial charge >= 0.3 is 11.8 Å². The molecule has 1 amide bonds. The first-order valence-corrected chi connectivity index (χ1v) is 19.9. The predicted molar refractivity (Wildman–Crippen MR) is 192 cm³/mol. The van der Waals surface area contributed by atoms with E-state index >= 15 is 4.39 Å². The highest BCUT2D eigenvalue weighted by molar-refractivity contribution is 6.74. The van der Waals surface area contributed by atoms with Gasteiger partial charge in [-0.05, 0) is 70.8 Å². The standard InChI is InChI=1S/C35H51ClFN5O5Si/c1-21(2)29-30(28(13-14-38-29)45-15-16-46-48(11,12)35(8,9)10)42-27-18-25(36)26(37)17-24(27)31(39-32(42)43)40-19-23(4)41(20-22(40)3)33(44)47-34(5,6)7/h13-14,17-18,21-23H,15-16,19-20H2,1-12H3. The summed E-state index contributed by atoms with van der Waals surface area (Å²) < 4.78 is 34.9. The van der Waals surface area contributed by atoms with Crippen LogP contribution < -0.4 is 15.3 Å². The molecule has 0 radical (unpaired) electrons. The molecule has 2 unspecified atom stereocenters. The maximum atomic E-state index is 15.2. The molecule has 1 fully saturated rings. The summed E-state index contributed by atoms with van der Waals surface area (Å²) in [5, 5.41) is 0.308. The Morgan fingerprint density at radius 2 is 1.75 bits per heavy atom. The lowest BCUT2D eigenvalue weighted by Gasteiger charge is -2.45. The topological polar surface area (TPSA) is 99.0 Å². The smallest absolute Gasteiger partial charge is 0.410 e. The second kappa shape index (κ2) is 14.0. The van der Waals surface area contributed by atoms with Crippen molar-refractivity contribution in [3.05, 3.63) is 51.4 Å². The van der Waals surface area contributed by atoms with Crippen LogP contribution in [0.3, 0.4) is 0 Å². The second-order valence-corrected chi connectivity index (χ2v) is 20.7. The number of benzene rings is 1. The van der Waals surface area contributed by atoms with Gasteiger partial charge in [0.25, 0.3) is 0 Å². The first-order chi connectivity index (χ1) is 22.1. The molecule has 13 heteroatoms. The van der Waals surface area contributed by atoms with E-state index in [-0.39, 0.29) is 34.7 Å². The Bertz CT molecular complexity index is 1720. The number of fused-ring (bicyclic) bond motifs is 1. The van der Waals surface area contributed by atoms with Crippen molar-refractivity contribution >= 4 is 42.7 Å². The number of anilines is 1. The van der Waals surface area contributed by atoms with E-state index < -0.39 is 31.5 Å². The lowest BCUT2D eigenvalue weighted by Crippen LogP contribution is -2.59. The van der Waals surface area contributed by atoms with Crippen molar-refractivity contribution in [2.75, 3.05) is 31.2 Å². The SMILES string of the molecule is CC(C)c1nccc(OCCO[Si](C)(C)C(C)(C)C)c1-n1c(=O)nc(N2CC(C)N(C(=O)OC(C)(C)C)CC2C)c2cc(F)c(Cl)cc21. The van der Waals surface area contributed by atoms with E-state index in [1.54, 1.807) is 17.2 Å². The van der Waals surface area contributed by atoms with Gasteiger partial charge < -0.3 is 23.7 Å². The van der Waals surface area contributed by atoms with Crippen LogP contribution in [0.1, 0.15) is 80.8 Å². The Kier molecular flexibility index (Phi) is 10.9. The molecule has 264 valence electrons. The third kappa shape index (κ3) is 7.97. The molecule has 10 nitrogen and oxygen atoms in total. The number of nitrogens with zero attached hydrogens (tertiary/aromatic N) is 5. The van der Waals surface area contributed by atoms with E-state index in [1.165, 1.54) is 16.7 Å². The molecule has 0 spiro atoms. The molecule has 48 heavy (non-hydrogen) atoms. The first kappa shape index (κ1) is 37.6. The Balaban J connectivity index is 1.80. The second-order valence-electron chi connectivity index (χ2n) is 15.5. The monoisotopic (exact) mass is 703 g/mol. The zero-order valence-electron chi connectivity index (χ0n) is 30.4. The molecule has 2 atom stereocenters. The molecule has 0 bridgehead atoms. The first-order valence-electron chi connectivity index (χ1n) is 16.6. The molecular formula is C35H51ClFN5O5Si. The fourth-order valence-electron chi connectivity index (χ4n) is 5.52. The Morgan fingerprint density at radius 3 is 2.35 bits per heavy atom. The number of aromatic nitrogens is 3. The van der Waals surface area contributed by atoms with E-state index in [0.29, 0.717) is 53.5 Å². The summed E-state index contributed by atoms with van der Waals surface area (Å²) in [6.07, 6.45) is 1.24. The molecule has 0 N–H and O–H groups in total. The van der Waals surface area contributed by atoms with Gasteiger partial charge in [0.2, 0.25) is 0 Å². The largest absolute Gasteiger partial charge is 0.489 e. The average molecular weight is 704 g/mol. The van der Waals surface area contributed by atoms with Crippen LogP contribution in [0.4, 0.5) is 15.0 Å². The normalized spacial score (nSPS) is 17.7. The lowest BCUT2D eigenvalue weighted by atomic mass is 10.1. The van der Waals surface area contributed by atoms with Gasteiger partial charge in [0, 0.05) is 42.8 Å². The number of carbonyl (C=O) groups is 1. The van der Waals surface area contributed by atoms with Crippen LogP contribution in [0.5, 0.6) is 5.75 Å². The molecule has 1 aliphatic heterocycles. The van der Waals surface area contributed by atoms with Crippen molar-refractivity contribution in [1.29, 1.82) is 0 Å². The summed E-state index contributed by atoms with van der Waals surface area (Å²) in [6.45, 7) is 25.5. The van der Waals surface area contributed by atoms with Gasteiger partial charge in [-0.15, -0.1) is 0 Å². The number of rotatable bonds is 8. The minimum atomic E-state index is -2.00. The number of hydrogen-bond donors (Lipinski definition) is 0. The van der Waals surface area contributed by atoms with Crippen LogP contribution in [-0.2, 0) is 9.16 Å². The van der Waals surface area contributed by atoms with Crippen LogP contribution in [0.25, 0.3) is 16.6 Å². The van der Waals surface area contributed by atoms with Crippen molar-refractivity contribution in [3.63, 3.8) is 0 Å². The fourth-order valence-corrected chi connectivity index (χ4v) is 6.70. The number of hydrogen-bond acceptors (Lipinski definition) is 8. The molecule has 0 aliphatic carbocycles. The van der Waals surface area contributed by atoms with Gasteiger partial charge in [0.1, 0.15) is 35.3 Å². The van der Waals surface area contributed by atoms with E-state index in [2.05, 4.69) is 43.8 Å². The predicted octanol–water partition coefficient (Wildman–Crippen LogP) is 7.93. The number of ether oxygens (including phenoxy) is 2. The minimum Gasteiger partial charge on any atom is -0.489 e. The van der Waals surface area contributed by atoms with Crippen LogP contribution in [0.2, 0.25) is 23.2 Å². The van der Waals surface area contributed by atoms with E-state index in [0.717, 1.165) is 0 Å². The summed E-state index contributed by atoms with van der Waals surface area (Å²) in [5.74, 6) is 0.00976. The molecule has 2 aromatic heterocycles. The van der Waals surface area contributed by atoms with Crippen molar-refractivity contribution in [1.82, 2.24) is 19.4 Å². The highest BCUT2D eigenvalue weighted by atomic mass is 35.5. The summed E-state index contributed by atoms with van der Waals surface area (Å²) in [7, 11) is -2.00. The zero-order valence-corrected chi connectivity index (χ0v) is 32.2. The Labute approximate surface area is 289 Å². The molecule has 1 aromatic carbocycles. The molecule has 0 saturated carbocycles. The van der Waals surface area contributed by atoms with Gasteiger partial charge in [-0.1, -0.05) is 46.2 Å². The van der Waals surface area contributed by atoms with Gasteiger partial charge in [-0.3, -0.25) is 9.55 Å². The van der Waals surface area contributed by atoms with Crippen molar-refractivity contribution in [2.24, 2.45) is 0 Å². The maximum Gasteiger partial charge on any atom is 0.410 e. The minimum absolute atomic E-state index is 0.0471. The van der Waals surface area contributed by atoms with E-state index in [1.807, 2.05) is 53.4 Å². The third-order valence-corrected chi connectivity index (χ3v) is 13.9. The van der Waals surface area contributed by atoms with Crippen molar-refractivity contribution < 1.29 is 23.1 Å². The summed E-state index contributed by atoms with van der Waals surface area (Å²) in [6, 6.07) is 3.94. The lowest BCUT2D eigenvalue weighted by molar-refractivity contribution is 0.0130. The molecular weight excluding hydrogens is 653 g/mol. The molecule has 3 aromatic rings. The van der Waals surface area contributed by atoms with Crippen molar-refractivity contribution in [2.45, 2.75) is 111 Å². The maximum absolute atomic E-state index is 15.2. The highest BCUT2D eigenvalue weighted by Crippen LogP contribution is 2.38. The number of carbonyl (C=O) groups excluding carboxylic acids is 1. The average Bonchev–Trinajstić information content (AvgIpc) is 2.95. The zero-order chi connectivity index (χ0) is 35.9. The number of piperazine rings is 1. The van der Waals surface area contributed by atoms with Gasteiger partial charge in [0.15, 0.2) is 8.32 Å². The van der Waals surface area contributed by atoms with Crippen LogP contribution >= 0.6 is 11.6 Å². The molecule has 1 saturated heterocycles. The van der Waals surface area contributed by atoms with Crippen molar-refractivity contribution in [3.8, 4) is 11.4 Å². The quantitative estimate of drug-likeness (QED) is 0.172. The van der Waals surface area contributed by atoms with E-state index in [4.69, 9.17) is 25.5 Å². The number of pyridine rings is 1. The van der Waals surface area contributed by atoms with Crippen LogP contribution in [0.15, 0.2) is 29.2 Å². The fraction of sp³-hybridized carbons (Fsp3) is 0.600. The summed E-state index contributed by atoms with van der Waals surface area (Å²) in [5.41, 5.74) is 0.171. The highest BCUT2D eigenvalue weighted by Gasteiger charge is 2.38. The van der Waals surface area contributed by atoms with Gasteiger partial charge in [0.05, 0.1) is 22.8 Å². The Hall–Kier alpha value is -3.22. The van der Waals surface area contributed by atoms with Crippen LogP contribution in [-0.4, -0.2) is 77.8 Å². The number of amides is 1. The molecule has 1 aliphatic rings. The number of halogens is 2. The molecule has 4 rings (SSSR count). The summed E-state index contributed by atoms with van der Waals surface area (Å²) in [4.78, 5) is 40.0. The third-order valence-electron chi connectivity index (χ3n) is 9.10. The Morgan fingerprint density at radius 1 is 1.08 bits per heavy atom. The van der Waals surface area contributed by atoms with E-state index in [9.17, 15) is 9.59 Å². The summed E-state index contributed by atoms with van der Waals surface area (Å²) >= 11 is 6.38. The van der Waals surface area contributed by atoms with Gasteiger partial charge in [-0.2, -0.15) is 4.98 Å². The van der Waals surface area contributed by atoms with Gasteiger partial charge in [-0.25, -0.2) is 14.0 Å².